The molecule has 0 aromatic rings. The van der Waals surface area contributed by atoms with Gasteiger partial charge in [0.15, 0.2) is 0 Å². The standard InChI is InChI=1S/BH3O3.H3O3PS/c2-1(3)4;1-4(2,3)5/h2-4H;(H3,1,2,3,5). The molecule has 6 nitrogen and oxygen atoms in total. The third kappa shape index (κ3) is 1580. The highest BCUT2D eigenvalue weighted by molar-refractivity contribution is 8.06. The topological polar surface area (TPSA) is 121 Å². The molecule has 0 aromatic carbocycles. The van der Waals surface area contributed by atoms with Gasteiger partial charge in [0.1, 0.15) is 0 Å². The van der Waals surface area contributed by atoms with Crippen molar-refractivity contribution in [3.8, 4) is 0 Å². The van der Waals surface area contributed by atoms with Crippen LogP contribution >= 0.6 is 6.72 Å². The molecule has 0 spiro atoms. The smallest absolute Gasteiger partial charge is 0.402 e. The van der Waals surface area contributed by atoms with Gasteiger partial charge >= 0.3 is 14.0 Å². The zero-order chi connectivity index (χ0) is 8.08. The van der Waals surface area contributed by atoms with Gasteiger partial charge in [-0.25, -0.2) is 0 Å². The van der Waals surface area contributed by atoms with Crippen molar-refractivity contribution in [2.45, 2.75) is 0 Å². The number of hydrogen-bond donors (Lipinski definition) is 6. The molecular weight excluding hydrogens is 170 g/mol. The van der Waals surface area contributed by atoms with Crippen LogP contribution in [0.2, 0.25) is 0 Å². The summed E-state index contributed by atoms with van der Waals surface area (Å²) in [5.74, 6) is 0. The molecule has 6 N–H and O–H groups in total. The lowest BCUT2D eigenvalue weighted by Crippen LogP contribution is -2.07. The van der Waals surface area contributed by atoms with Crippen molar-refractivity contribution in [2.75, 3.05) is 0 Å². The first-order valence-corrected chi connectivity index (χ1v) is 4.22. The van der Waals surface area contributed by atoms with Crippen LogP contribution in [-0.4, -0.2) is 37.1 Å². The van der Waals surface area contributed by atoms with Gasteiger partial charge in [-0.2, -0.15) is 0 Å². The summed E-state index contributed by atoms with van der Waals surface area (Å²) in [6.07, 6.45) is 0. The van der Waals surface area contributed by atoms with Crippen molar-refractivity contribution in [3.05, 3.63) is 0 Å². The summed E-state index contributed by atoms with van der Waals surface area (Å²) in [5, 5.41) is 21.5. The van der Waals surface area contributed by atoms with Gasteiger partial charge in [-0.1, -0.05) is 0 Å². The van der Waals surface area contributed by atoms with Crippen molar-refractivity contribution in [3.63, 3.8) is 0 Å². The van der Waals surface area contributed by atoms with Crippen molar-refractivity contribution in [1.29, 1.82) is 0 Å². The van der Waals surface area contributed by atoms with Crippen molar-refractivity contribution in [1.82, 2.24) is 0 Å². The van der Waals surface area contributed by atoms with E-state index in [1.807, 2.05) is 0 Å². The van der Waals surface area contributed by atoms with Crippen LogP contribution in [0.1, 0.15) is 0 Å². The van der Waals surface area contributed by atoms with Gasteiger partial charge in [-0.3, -0.25) is 0 Å². The maximum Gasteiger partial charge on any atom is 0.631 e. The summed E-state index contributed by atoms with van der Waals surface area (Å²) in [5.41, 5.74) is 0. The minimum atomic E-state index is -3.81. The third-order valence-corrected chi connectivity index (χ3v) is 0. The van der Waals surface area contributed by atoms with Crippen LogP contribution in [0.4, 0.5) is 0 Å². The largest absolute Gasteiger partial charge is 0.631 e. The van der Waals surface area contributed by atoms with Gasteiger partial charge in [-0.05, 0) is 11.8 Å². The summed E-state index contributed by atoms with van der Waals surface area (Å²) < 4.78 is 0. The second-order valence-corrected chi connectivity index (χ2v) is 3.36. The molecule has 0 rings (SSSR count). The van der Waals surface area contributed by atoms with Gasteiger partial charge in [0.25, 0.3) is 0 Å². The van der Waals surface area contributed by atoms with Crippen LogP contribution in [0.15, 0.2) is 0 Å². The summed E-state index contributed by atoms with van der Waals surface area (Å²) in [4.78, 5) is 22.7. The predicted molar refractivity (Wildman–Crippen MR) is 33.4 cm³/mol. The molecule has 9 heteroatoms. The maximum absolute atomic E-state index is 7.56. The molecule has 0 aliphatic carbocycles. The highest BCUT2D eigenvalue weighted by Gasteiger charge is 1.92. The monoisotopic (exact) mass is 176 g/mol. The van der Waals surface area contributed by atoms with E-state index in [1.165, 1.54) is 0 Å². The van der Waals surface area contributed by atoms with E-state index in [9.17, 15) is 0 Å². The van der Waals surface area contributed by atoms with Crippen LogP contribution in [0, 0.1) is 0 Å². The summed E-state index contributed by atoms with van der Waals surface area (Å²) >= 11 is 3.60. The fourth-order valence-electron chi connectivity index (χ4n) is 0. The Morgan fingerprint density at radius 1 is 1.00 bits per heavy atom. The van der Waals surface area contributed by atoms with E-state index in [4.69, 9.17) is 29.8 Å². The minimum absolute atomic E-state index is 2.17. The van der Waals surface area contributed by atoms with E-state index in [2.05, 4.69) is 11.8 Å². The third-order valence-electron chi connectivity index (χ3n) is 0. The Hall–Kier alpha value is 0.475. The molecule has 0 heterocycles. The van der Waals surface area contributed by atoms with Gasteiger partial charge in [0.05, 0.1) is 0 Å². The first kappa shape index (κ1) is 12.2. The molecular formula is H6BO6PS. The zero-order valence-corrected chi connectivity index (χ0v) is 5.83. The number of rotatable bonds is 0. The SMILES string of the molecule is OB(O)O.OP(O)(O)=S. The van der Waals surface area contributed by atoms with E-state index < -0.39 is 14.0 Å². The first-order valence-electron chi connectivity index (χ1n) is 1.56. The Bertz CT molecular complexity index is 84.2. The summed E-state index contributed by atoms with van der Waals surface area (Å²) in [7, 11) is -2.17. The van der Waals surface area contributed by atoms with Crippen LogP contribution in [0.5, 0.6) is 0 Å². The molecule has 0 radical (unpaired) electrons. The Kier molecular flexibility index (Phi) is 7.14. The molecule has 0 atom stereocenters. The Labute approximate surface area is 56.5 Å². The van der Waals surface area contributed by atoms with E-state index in [0.717, 1.165) is 0 Å². The van der Waals surface area contributed by atoms with Crippen LogP contribution in [0.3, 0.4) is 0 Å². The Morgan fingerprint density at radius 2 is 1.00 bits per heavy atom. The highest BCUT2D eigenvalue weighted by Crippen LogP contribution is 2.26. The molecule has 9 heavy (non-hydrogen) atoms. The summed E-state index contributed by atoms with van der Waals surface area (Å²) in [6.45, 7) is -3.81. The highest BCUT2D eigenvalue weighted by atomic mass is 32.5. The fraction of sp³-hybridized carbons (Fsp3) is 0. The molecule has 56 valence electrons. The number of hydrogen-bond acceptors (Lipinski definition) is 4. The minimum Gasteiger partial charge on any atom is -0.402 e. The Morgan fingerprint density at radius 3 is 1.00 bits per heavy atom. The molecule has 0 fully saturated rings. The van der Waals surface area contributed by atoms with E-state index in [0.29, 0.717) is 0 Å². The van der Waals surface area contributed by atoms with Crippen LogP contribution in [0.25, 0.3) is 0 Å². The molecule has 0 unspecified atom stereocenters. The molecule has 0 aliphatic heterocycles. The van der Waals surface area contributed by atoms with Gasteiger partial charge < -0.3 is 29.8 Å². The molecule has 0 bridgehead atoms. The molecule has 0 amide bonds. The average molecular weight is 176 g/mol. The lowest BCUT2D eigenvalue weighted by atomic mass is 10.3. The van der Waals surface area contributed by atoms with Crippen molar-refractivity contribution in [2.24, 2.45) is 0 Å². The zero-order valence-electron chi connectivity index (χ0n) is 4.12. The van der Waals surface area contributed by atoms with Crippen LogP contribution in [-0.2, 0) is 11.8 Å². The van der Waals surface area contributed by atoms with E-state index in [-0.39, 0.29) is 0 Å². The van der Waals surface area contributed by atoms with Gasteiger partial charge in [0, 0.05) is 0 Å². The van der Waals surface area contributed by atoms with E-state index >= 15 is 0 Å². The average Bonchev–Trinajstić information content (AvgIpc) is 1.19. The normalized spacial score (nSPS) is 9.56. The molecule has 0 saturated carbocycles. The first-order chi connectivity index (χ1) is 3.73. The van der Waals surface area contributed by atoms with Gasteiger partial charge in [-0.15, -0.1) is 0 Å². The fourth-order valence-corrected chi connectivity index (χ4v) is 0. The summed E-state index contributed by atoms with van der Waals surface area (Å²) in [6, 6.07) is 0. The van der Waals surface area contributed by atoms with Crippen molar-refractivity contribution >= 4 is 25.8 Å². The lowest BCUT2D eigenvalue weighted by Gasteiger charge is -1.88. The maximum atomic E-state index is 7.56. The lowest BCUT2D eigenvalue weighted by molar-refractivity contribution is 0.278. The Balaban J connectivity index is 0. The molecule has 0 saturated heterocycles. The van der Waals surface area contributed by atoms with Crippen LogP contribution < -0.4 is 0 Å². The second kappa shape index (κ2) is 5.27. The van der Waals surface area contributed by atoms with Crippen molar-refractivity contribution < 1.29 is 29.8 Å². The second-order valence-electron chi connectivity index (χ2n) is 0.860. The molecule has 0 aromatic heterocycles. The predicted octanol–water partition coefficient (Wildman–Crippen LogP) is -2.86. The van der Waals surface area contributed by atoms with Gasteiger partial charge in [0.2, 0.25) is 0 Å². The molecule has 0 aliphatic rings. The quantitative estimate of drug-likeness (QED) is 0.173. The van der Waals surface area contributed by atoms with E-state index in [1.54, 1.807) is 0 Å².